The predicted molar refractivity (Wildman–Crippen MR) is 125 cm³/mol. The van der Waals surface area contributed by atoms with E-state index in [2.05, 4.69) is 10.0 Å². The second-order valence-corrected chi connectivity index (χ2v) is 8.91. The number of nitrogens with one attached hydrogen (secondary N) is 2. The molecule has 0 saturated carbocycles. The molecule has 7 heteroatoms. The lowest BCUT2D eigenvalue weighted by atomic mass is 10.1. The van der Waals surface area contributed by atoms with Gasteiger partial charge >= 0.3 is 0 Å². The Balaban J connectivity index is 1.33. The molecule has 0 heterocycles. The molecule has 32 heavy (non-hydrogen) atoms. The third-order valence-corrected chi connectivity index (χ3v) is 6.29. The number of carbonyl (C=O) groups excluding carboxylic acids is 1. The molecule has 0 fully saturated rings. The normalized spacial score (nSPS) is 11.2. The average Bonchev–Trinajstić information content (AvgIpc) is 2.83. The number of amides is 1. The molecular weight excluding hydrogens is 424 g/mol. The van der Waals surface area contributed by atoms with Crippen LogP contribution >= 0.6 is 0 Å². The van der Waals surface area contributed by atoms with Crippen LogP contribution in [0.25, 0.3) is 10.8 Å². The summed E-state index contributed by atoms with van der Waals surface area (Å²) in [6.07, 6.45) is 0. The topological polar surface area (TPSA) is 84.5 Å². The van der Waals surface area contributed by atoms with Crippen LogP contribution in [0.4, 0.5) is 5.69 Å². The third-order valence-electron chi connectivity index (χ3n) is 4.88. The van der Waals surface area contributed by atoms with Crippen molar-refractivity contribution in [1.29, 1.82) is 0 Å². The Morgan fingerprint density at radius 1 is 0.781 bits per heavy atom. The molecule has 2 N–H and O–H groups in total. The third kappa shape index (κ3) is 5.32. The van der Waals surface area contributed by atoms with Crippen molar-refractivity contribution < 1.29 is 17.9 Å². The summed E-state index contributed by atoms with van der Waals surface area (Å²) in [5.41, 5.74) is 1.58. The second-order valence-electron chi connectivity index (χ2n) is 7.15. The lowest BCUT2D eigenvalue weighted by molar-refractivity contribution is -0.118. The monoisotopic (exact) mass is 446 g/mol. The smallest absolute Gasteiger partial charge is 0.262 e. The number of benzene rings is 4. The Kier molecular flexibility index (Phi) is 6.49. The van der Waals surface area contributed by atoms with Gasteiger partial charge in [-0.3, -0.25) is 4.79 Å². The van der Waals surface area contributed by atoms with Crippen LogP contribution in [0, 0.1) is 0 Å². The number of ether oxygens (including phenoxy) is 1. The van der Waals surface area contributed by atoms with Gasteiger partial charge in [0.1, 0.15) is 5.75 Å². The molecule has 4 aromatic rings. The van der Waals surface area contributed by atoms with Gasteiger partial charge in [0.05, 0.1) is 4.90 Å². The zero-order valence-corrected chi connectivity index (χ0v) is 18.0. The largest absolute Gasteiger partial charge is 0.484 e. The van der Waals surface area contributed by atoms with Crippen molar-refractivity contribution in [3.63, 3.8) is 0 Å². The minimum absolute atomic E-state index is 0.126. The summed E-state index contributed by atoms with van der Waals surface area (Å²) in [6, 6.07) is 28.7. The molecule has 162 valence electrons. The molecule has 0 radical (unpaired) electrons. The number of hydrogen-bond donors (Lipinski definition) is 2. The van der Waals surface area contributed by atoms with Crippen LogP contribution in [0.2, 0.25) is 0 Å². The highest BCUT2D eigenvalue weighted by Gasteiger charge is 2.14. The van der Waals surface area contributed by atoms with Gasteiger partial charge in [-0.05, 0) is 41.3 Å². The molecule has 0 atom stereocenters. The zero-order valence-electron chi connectivity index (χ0n) is 17.2. The van der Waals surface area contributed by atoms with Crippen LogP contribution in [0.3, 0.4) is 0 Å². The Hall–Kier alpha value is -3.68. The predicted octanol–water partition coefficient (Wildman–Crippen LogP) is 4.34. The van der Waals surface area contributed by atoms with Crippen molar-refractivity contribution >= 4 is 32.4 Å². The van der Waals surface area contributed by atoms with Crippen molar-refractivity contribution in [2.45, 2.75) is 11.4 Å². The van der Waals surface area contributed by atoms with Crippen molar-refractivity contribution in [3.8, 4) is 5.75 Å². The van der Waals surface area contributed by atoms with Gasteiger partial charge in [-0.15, -0.1) is 0 Å². The summed E-state index contributed by atoms with van der Waals surface area (Å²) >= 11 is 0. The van der Waals surface area contributed by atoms with Gasteiger partial charge in [0.15, 0.2) is 6.61 Å². The summed E-state index contributed by atoms with van der Waals surface area (Å²) in [5, 5.41) is 4.83. The Morgan fingerprint density at radius 2 is 1.47 bits per heavy atom. The molecule has 0 saturated heterocycles. The highest BCUT2D eigenvalue weighted by atomic mass is 32.2. The van der Waals surface area contributed by atoms with E-state index in [-0.39, 0.29) is 24.0 Å². The van der Waals surface area contributed by atoms with E-state index in [1.54, 1.807) is 0 Å². The molecule has 0 spiro atoms. The van der Waals surface area contributed by atoms with Crippen molar-refractivity contribution in [2.75, 3.05) is 11.9 Å². The number of hydrogen-bond acceptors (Lipinski definition) is 4. The average molecular weight is 447 g/mol. The lowest BCUT2D eigenvalue weighted by Gasteiger charge is -2.11. The fraction of sp³-hybridized carbons (Fsp3) is 0.0800. The number of sulfonamides is 1. The Labute approximate surface area is 186 Å². The summed E-state index contributed by atoms with van der Waals surface area (Å²) in [4.78, 5) is 12.5. The van der Waals surface area contributed by atoms with E-state index in [1.165, 1.54) is 24.3 Å². The molecule has 0 bridgehead atoms. The summed E-state index contributed by atoms with van der Waals surface area (Å²) in [7, 11) is -3.65. The molecule has 4 rings (SSSR count). The Bertz CT molecular complexity index is 1320. The van der Waals surface area contributed by atoms with Gasteiger partial charge in [-0.1, -0.05) is 66.7 Å². The molecule has 0 aliphatic carbocycles. The van der Waals surface area contributed by atoms with Gasteiger partial charge in [-0.25, -0.2) is 13.1 Å². The summed E-state index contributed by atoms with van der Waals surface area (Å²) in [5.74, 6) is 0.0997. The number of carbonyl (C=O) groups is 1. The van der Waals surface area contributed by atoms with E-state index in [4.69, 9.17) is 4.74 Å². The first-order valence-electron chi connectivity index (χ1n) is 10.1. The molecule has 0 aliphatic heterocycles. The maximum atomic E-state index is 12.5. The summed E-state index contributed by atoms with van der Waals surface area (Å²) in [6.45, 7) is 0.0112. The second kappa shape index (κ2) is 9.64. The maximum absolute atomic E-state index is 12.5. The SMILES string of the molecule is O=C(COc1ccc(S(=O)(=O)NCc2ccccc2)cc1)Nc1cccc2ccccc12. The quantitative estimate of drug-likeness (QED) is 0.422. The van der Waals surface area contributed by atoms with Crippen LogP contribution in [-0.4, -0.2) is 20.9 Å². The highest BCUT2D eigenvalue weighted by Crippen LogP contribution is 2.23. The fourth-order valence-corrected chi connectivity index (χ4v) is 4.26. The van der Waals surface area contributed by atoms with Crippen LogP contribution in [0.1, 0.15) is 5.56 Å². The first-order valence-corrected chi connectivity index (χ1v) is 11.5. The van der Waals surface area contributed by atoms with Gasteiger partial charge in [0, 0.05) is 17.6 Å². The zero-order chi connectivity index (χ0) is 22.4. The Morgan fingerprint density at radius 3 is 2.25 bits per heavy atom. The minimum Gasteiger partial charge on any atom is -0.484 e. The van der Waals surface area contributed by atoms with Crippen molar-refractivity contribution in [1.82, 2.24) is 4.72 Å². The van der Waals surface area contributed by atoms with Gasteiger partial charge in [0.25, 0.3) is 5.91 Å². The molecule has 0 unspecified atom stereocenters. The van der Waals surface area contributed by atoms with Crippen LogP contribution in [0.5, 0.6) is 5.75 Å². The van der Waals surface area contributed by atoms with Gasteiger partial charge < -0.3 is 10.1 Å². The minimum atomic E-state index is -3.65. The fourth-order valence-electron chi connectivity index (χ4n) is 3.24. The van der Waals surface area contributed by atoms with E-state index in [9.17, 15) is 13.2 Å². The first kappa shape index (κ1) is 21.5. The van der Waals surface area contributed by atoms with E-state index in [1.807, 2.05) is 72.8 Å². The maximum Gasteiger partial charge on any atom is 0.262 e. The first-order chi connectivity index (χ1) is 15.5. The molecule has 4 aromatic carbocycles. The van der Waals surface area contributed by atoms with E-state index in [0.717, 1.165) is 16.3 Å². The lowest BCUT2D eigenvalue weighted by Crippen LogP contribution is -2.23. The van der Waals surface area contributed by atoms with E-state index < -0.39 is 10.0 Å². The number of anilines is 1. The van der Waals surface area contributed by atoms with Crippen molar-refractivity contribution in [3.05, 3.63) is 103 Å². The number of rotatable bonds is 8. The van der Waals surface area contributed by atoms with E-state index in [0.29, 0.717) is 11.4 Å². The summed E-state index contributed by atoms with van der Waals surface area (Å²) < 4.78 is 33.0. The van der Waals surface area contributed by atoms with Crippen molar-refractivity contribution in [2.24, 2.45) is 0 Å². The van der Waals surface area contributed by atoms with E-state index >= 15 is 0 Å². The molecule has 1 amide bonds. The van der Waals surface area contributed by atoms with Gasteiger partial charge in [-0.2, -0.15) is 0 Å². The number of fused-ring (bicyclic) bond motifs is 1. The molecular formula is C25H22N2O4S. The molecule has 0 aliphatic rings. The molecule has 0 aromatic heterocycles. The van der Waals surface area contributed by atoms with Crippen LogP contribution in [-0.2, 0) is 21.4 Å². The van der Waals surface area contributed by atoms with Crippen LogP contribution < -0.4 is 14.8 Å². The highest BCUT2D eigenvalue weighted by molar-refractivity contribution is 7.89. The standard InChI is InChI=1S/C25H22N2O4S/c28-25(27-24-12-6-10-20-9-4-5-11-23(20)24)18-31-21-13-15-22(16-14-21)32(29,30)26-17-19-7-2-1-3-8-19/h1-16,26H,17-18H2,(H,27,28). The van der Waals surface area contributed by atoms with Crippen LogP contribution in [0.15, 0.2) is 102 Å². The molecule has 6 nitrogen and oxygen atoms in total. The van der Waals surface area contributed by atoms with Gasteiger partial charge in [0.2, 0.25) is 10.0 Å².